The molecule has 1 amide bonds. The Bertz CT molecular complexity index is 1120. The molecular weight excluding hydrogens is 376 g/mol. The third kappa shape index (κ3) is 3.83. The van der Waals surface area contributed by atoms with Gasteiger partial charge in [-0.15, -0.1) is 0 Å². The Kier molecular flexibility index (Phi) is 5.35. The summed E-state index contributed by atoms with van der Waals surface area (Å²) in [5.74, 6) is -0.357. The quantitative estimate of drug-likeness (QED) is 0.716. The summed E-state index contributed by atoms with van der Waals surface area (Å²) in [5.41, 5.74) is 3.26. The van der Waals surface area contributed by atoms with Gasteiger partial charge in [0.25, 0.3) is 5.91 Å². The number of carbonyl (C=O) groups is 1. The molecule has 3 aromatic rings. The fraction of sp³-hybridized carbons (Fsp3) is 0.200. The topological polar surface area (TPSA) is 84.3 Å². The van der Waals surface area contributed by atoms with Crippen LogP contribution < -0.4 is 5.32 Å². The van der Waals surface area contributed by atoms with E-state index in [0.29, 0.717) is 11.3 Å². The number of hydrogen-bond donors (Lipinski definition) is 1. The minimum absolute atomic E-state index is 0.135. The minimum Gasteiger partial charge on any atom is -0.322 e. The van der Waals surface area contributed by atoms with E-state index >= 15 is 0 Å². The average molecular weight is 398 g/mol. The molecule has 28 heavy (non-hydrogen) atoms. The molecule has 0 aliphatic rings. The van der Waals surface area contributed by atoms with Crippen LogP contribution in [0.4, 0.5) is 5.69 Å². The second-order valence-electron chi connectivity index (χ2n) is 6.66. The van der Waals surface area contributed by atoms with Crippen molar-refractivity contribution in [1.29, 1.82) is 0 Å². The van der Waals surface area contributed by atoms with Gasteiger partial charge < -0.3 is 5.32 Å². The molecule has 7 nitrogen and oxygen atoms in total. The number of aromatic nitrogens is 2. The maximum atomic E-state index is 12.7. The number of carbonyl (C=O) groups excluding carboxylic acids is 1. The number of nitrogens with zero attached hydrogens (tertiary/aromatic N) is 3. The molecule has 3 rings (SSSR count). The molecule has 0 unspecified atom stereocenters. The molecule has 0 radical (unpaired) electrons. The van der Waals surface area contributed by atoms with Crippen LogP contribution in [0, 0.1) is 13.8 Å². The van der Waals surface area contributed by atoms with E-state index in [4.69, 9.17) is 0 Å². The van der Waals surface area contributed by atoms with E-state index in [1.165, 1.54) is 26.4 Å². The number of aryl methyl sites for hydroxylation is 1. The second kappa shape index (κ2) is 7.57. The molecule has 0 aliphatic carbocycles. The SMILES string of the molecule is Cc1cc(S(=O)(=O)N(C)C)cc(NC(=O)c2cnn(-c3ccccc3)c2)c1C. The zero-order chi connectivity index (χ0) is 20.5. The number of anilines is 1. The van der Waals surface area contributed by atoms with Crippen LogP contribution in [0.1, 0.15) is 21.5 Å². The van der Waals surface area contributed by atoms with Crippen LogP contribution >= 0.6 is 0 Å². The van der Waals surface area contributed by atoms with Gasteiger partial charge in [0.1, 0.15) is 0 Å². The van der Waals surface area contributed by atoms with Crippen molar-refractivity contribution in [3.8, 4) is 5.69 Å². The zero-order valence-corrected chi connectivity index (χ0v) is 17.0. The van der Waals surface area contributed by atoms with Crippen molar-refractivity contribution < 1.29 is 13.2 Å². The van der Waals surface area contributed by atoms with Crippen LogP contribution in [0.3, 0.4) is 0 Å². The second-order valence-corrected chi connectivity index (χ2v) is 8.82. The van der Waals surface area contributed by atoms with Gasteiger partial charge in [-0.1, -0.05) is 18.2 Å². The van der Waals surface area contributed by atoms with Gasteiger partial charge in [-0.05, 0) is 49.2 Å². The summed E-state index contributed by atoms with van der Waals surface area (Å²) < 4.78 is 27.7. The standard InChI is InChI=1S/C20H22N4O3S/c1-14-10-18(28(26,27)23(3)4)11-19(15(14)2)22-20(25)16-12-21-24(13-16)17-8-6-5-7-9-17/h5-13H,1-4H3,(H,22,25). The monoisotopic (exact) mass is 398 g/mol. The van der Waals surface area contributed by atoms with Gasteiger partial charge in [0.05, 0.1) is 22.3 Å². The molecule has 0 saturated carbocycles. The summed E-state index contributed by atoms with van der Waals surface area (Å²) in [5, 5.41) is 7.03. The first kappa shape index (κ1) is 19.8. The highest BCUT2D eigenvalue weighted by Crippen LogP contribution is 2.26. The van der Waals surface area contributed by atoms with Crippen LogP contribution in [0.25, 0.3) is 5.69 Å². The molecule has 8 heteroatoms. The zero-order valence-electron chi connectivity index (χ0n) is 16.2. The van der Waals surface area contributed by atoms with E-state index in [9.17, 15) is 13.2 Å². The van der Waals surface area contributed by atoms with Crippen LogP contribution in [0.15, 0.2) is 59.8 Å². The van der Waals surface area contributed by atoms with Crippen LogP contribution in [0.5, 0.6) is 0 Å². The van der Waals surface area contributed by atoms with Crippen LogP contribution in [-0.4, -0.2) is 42.5 Å². The summed E-state index contributed by atoms with van der Waals surface area (Å²) in [6.45, 7) is 3.65. The lowest BCUT2D eigenvalue weighted by atomic mass is 10.1. The third-order valence-corrected chi connectivity index (χ3v) is 6.33. The van der Waals surface area contributed by atoms with E-state index in [1.54, 1.807) is 16.9 Å². The molecule has 1 N–H and O–H groups in total. The smallest absolute Gasteiger partial charge is 0.258 e. The van der Waals surface area contributed by atoms with Crippen LogP contribution in [0.2, 0.25) is 0 Å². The molecule has 146 valence electrons. The number of amides is 1. The highest BCUT2D eigenvalue weighted by Gasteiger charge is 2.20. The minimum atomic E-state index is -3.61. The largest absolute Gasteiger partial charge is 0.322 e. The Morgan fingerprint density at radius 3 is 2.43 bits per heavy atom. The fourth-order valence-corrected chi connectivity index (χ4v) is 3.69. The lowest BCUT2D eigenvalue weighted by Gasteiger charge is -2.16. The fourth-order valence-electron chi connectivity index (χ4n) is 2.67. The van der Waals surface area contributed by atoms with Gasteiger partial charge in [-0.3, -0.25) is 4.79 Å². The van der Waals surface area contributed by atoms with Gasteiger partial charge in [0, 0.05) is 26.0 Å². The first-order valence-electron chi connectivity index (χ1n) is 8.65. The number of hydrogen-bond acceptors (Lipinski definition) is 4. The molecule has 0 fully saturated rings. The first-order valence-corrected chi connectivity index (χ1v) is 10.1. The van der Waals surface area contributed by atoms with Gasteiger partial charge in [-0.2, -0.15) is 5.10 Å². The highest BCUT2D eigenvalue weighted by atomic mass is 32.2. The Morgan fingerprint density at radius 2 is 1.79 bits per heavy atom. The number of sulfonamides is 1. The average Bonchev–Trinajstić information content (AvgIpc) is 3.16. The number of nitrogens with one attached hydrogen (secondary N) is 1. The predicted molar refractivity (Wildman–Crippen MR) is 108 cm³/mol. The molecule has 0 atom stereocenters. The normalized spacial score (nSPS) is 11.6. The summed E-state index contributed by atoms with van der Waals surface area (Å²) in [4.78, 5) is 12.8. The van der Waals surface area contributed by atoms with E-state index in [1.807, 2.05) is 44.2 Å². The lowest BCUT2D eigenvalue weighted by Crippen LogP contribution is -2.23. The maximum absolute atomic E-state index is 12.7. The number of para-hydroxylation sites is 1. The van der Waals surface area contributed by atoms with Crippen molar-refractivity contribution >= 4 is 21.6 Å². The van der Waals surface area contributed by atoms with Gasteiger partial charge in [0.15, 0.2) is 0 Å². The maximum Gasteiger partial charge on any atom is 0.258 e. The number of benzene rings is 2. The van der Waals surface area contributed by atoms with Crippen molar-refractivity contribution in [2.75, 3.05) is 19.4 Å². The predicted octanol–water partition coefficient (Wildman–Crippen LogP) is 2.99. The van der Waals surface area contributed by atoms with E-state index < -0.39 is 10.0 Å². The molecule has 0 bridgehead atoms. The van der Waals surface area contributed by atoms with E-state index in [0.717, 1.165) is 21.1 Å². The van der Waals surface area contributed by atoms with Crippen LogP contribution in [-0.2, 0) is 10.0 Å². The Labute approximate surface area is 164 Å². The van der Waals surface area contributed by atoms with Crippen molar-refractivity contribution in [2.45, 2.75) is 18.7 Å². The van der Waals surface area contributed by atoms with Crippen molar-refractivity contribution in [1.82, 2.24) is 14.1 Å². The molecular formula is C20H22N4O3S. The summed E-state index contributed by atoms with van der Waals surface area (Å²) >= 11 is 0. The molecule has 0 aliphatic heterocycles. The van der Waals surface area contributed by atoms with Gasteiger partial charge in [-0.25, -0.2) is 17.4 Å². The first-order chi connectivity index (χ1) is 13.2. The third-order valence-electron chi connectivity index (χ3n) is 4.53. The Hall–Kier alpha value is -2.97. The van der Waals surface area contributed by atoms with E-state index in [2.05, 4.69) is 10.4 Å². The lowest BCUT2D eigenvalue weighted by molar-refractivity contribution is 0.102. The molecule has 0 spiro atoms. The van der Waals surface area contributed by atoms with Crippen molar-refractivity contribution in [3.05, 3.63) is 71.5 Å². The van der Waals surface area contributed by atoms with Gasteiger partial charge >= 0.3 is 0 Å². The van der Waals surface area contributed by atoms with Gasteiger partial charge in [0.2, 0.25) is 10.0 Å². The molecule has 0 saturated heterocycles. The Morgan fingerprint density at radius 1 is 1.11 bits per heavy atom. The number of rotatable bonds is 5. The summed E-state index contributed by atoms with van der Waals surface area (Å²) in [6.07, 6.45) is 3.11. The van der Waals surface area contributed by atoms with E-state index in [-0.39, 0.29) is 10.8 Å². The molecule has 1 heterocycles. The molecule has 1 aromatic heterocycles. The summed E-state index contributed by atoms with van der Waals surface area (Å²) in [6, 6.07) is 12.5. The van der Waals surface area contributed by atoms with Crippen molar-refractivity contribution in [2.24, 2.45) is 0 Å². The highest BCUT2D eigenvalue weighted by molar-refractivity contribution is 7.89. The summed E-state index contributed by atoms with van der Waals surface area (Å²) in [7, 11) is -0.659. The van der Waals surface area contributed by atoms with Crippen molar-refractivity contribution in [3.63, 3.8) is 0 Å². The molecule has 2 aromatic carbocycles. The Balaban J connectivity index is 1.91.